The first kappa shape index (κ1) is 18.3. The van der Waals surface area contributed by atoms with Crippen LogP contribution in [0.15, 0.2) is 30.3 Å². The first-order chi connectivity index (χ1) is 12.4. The fraction of sp³-hybridized carbons (Fsp3) is 0.438. The minimum atomic E-state index is -1.55. The molecule has 10 nitrogen and oxygen atoms in total. The van der Waals surface area contributed by atoms with Crippen molar-refractivity contribution >= 4 is 17.9 Å². The molecule has 0 aromatic heterocycles. The number of nitrogens with zero attached hydrogens (tertiary/aromatic N) is 1. The maximum Gasteiger partial charge on any atom is 0.338 e. The summed E-state index contributed by atoms with van der Waals surface area (Å²) >= 11 is 0. The number of ether oxygens (including phenoxy) is 2. The van der Waals surface area contributed by atoms with Crippen LogP contribution in [0.1, 0.15) is 16.8 Å². The Morgan fingerprint density at radius 1 is 1.19 bits per heavy atom. The summed E-state index contributed by atoms with van der Waals surface area (Å²) in [6.07, 6.45) is -7.41. The number of esters is 1. The van der Waals surface area contributed by atoms with Crippen LogP contribution in [0.2, 0.25) is 0 Å². The SMILES string of the molecule is O=C1CC(O)N([C@H]2O[C@@H](COC(=O)c3ccccc3)C(O)C2O)C(=O)N1. The van der Waals surface area contributed by atoms with E-state index in [9.17, 15) is 29.7 Å². The van der Waals surface area contributed by atoms with Gasteiger partial charge in [-0.2, -0.15) is 0 Å². The highest BCUT2D eigenvalue weighted by Gasteiger charge is 2.50. The van der Waals surface area contributed by atoms with Crippen LogP contribution in [0.25, 0.3) is 0 Å². The molecule has 4 N–H and O–H groups in total. The van der Waals surface area contributed by atoms with Gasteiger partial charge in [0.25, 0.3) is 0 Å². The second-order valence-electron chi connectivity index (χ2n) is 5.96. The Labute approximate surface area is 147 Å². The third-order valence-corrected chi connectivity index (χ3v) is 4.17. The van der Waals surface area contributed by atoms with E-state index in [-0.39, 0.29) is 13.0 Å². The Hall–Kier alpha value is -2.53. The Balaban J connectivity index is 1.63. The molecular weight excluding hydrogens is 348 g/mol. The zero-order chi connectivity index (χ0) is 18.8. The molecule has 2 heterocycles. The summed E-state index contributed by atoms with van der Waals surface area (Å²) in [5.41, 5.74) is 0.307. The van der Waals surface area contributed by atoms with Gasteiger partial charge in [0.15, 0.2) is 6.23 Å². The number of hydrogen-bond acceptors (Lipinski definition) is 8. The average molecular weight is 366 g/mol. The number of urea groups is 1. The number of aliphatic hydroxyl groups excluding tert-OH is 3. The first-order valence-corrected chi connectivity index (χ1v) is 7.92. The number of carbonyl (C=O) groups excluding carboxylic acids is 3. The second-order valence-corrected chi connectivity index (χ2v) is 5.96. The van der Waals surface area contributed by atoms with Crippen molar-refractivity contribution in [3.8, 4) is 0 Å². The van der Waals surface area contributed by atoms with E-state index in [1.54, 1.807) is 30.3 Å². The molecule has 0 spiro atoms. The van der Waals surface area contributed by atoms with Gasteiger partial charge < -0.3 is 24.8 Å². The van der Waals surface area contributed by atoms with E-state index in [1.165, 1.54) is 0 Å². The third kappa shape index (κ3) is 3.53. The summed E-state index contributed by atoms with van der Waals surface area (Å²) in [7, 11) is 0. The van der Waals surface area contributed by atoms with Gasteiger partial charge >= 0.3 is 12.0 Å². The molecule has 0 bridgehead atoms. The Kier molecular flexibility index (Phi) is 5.18. The summed E-state index contributed by atoms with van der Waals surface area (Å²) in [6.45, 7) is -0.368. The minimum Gasteiger partial charge on any atom is -0.459 e. The van der Waals surface area contributed by atoms with Gasteiger partial charge in [-0.05, 0) is 12.1 Å². The highest BCUT2D eigenvalue weighted by Crippen LogP contribution is 2.27. The van der Waals surface area contributed by atoms with E-state index < -0.39 is 48.7 Å². The number of benzene rings is 1. The first-order valence-electron chi connectivity index (χ1n) is 7.92. The van der Waals surface area contributed by atoms with Gasteiger partial charge in [0.05, 0.1) is 12.0 Å². The molecule has 10 heteroatoms. The maximum absolute atomic E-state index is 11.9. The van der Waals surface area contributed by atoms with Crippen LogP contribution in [0.4, 0.5) is 4.79 Å². The molecule has 3 unspecified atom stereocenters. The van der Waals surface area contributed by atoms with Crippen molar-refractivity contribution in [1.82, 2.24) is 10.2 Å². The molecule has 3 amide bonds. The molecule has 1 aromatic rings. The van der Waals surface area contributed by atoms with Gasteiger partial charge in [-0.15, -0.1) is 0 Å². The van der Waals surface area contributed by atoms with Crippen molar-refractivity contribution in [2.45, 2.75) is 37.2 Å². The zero-order valence-corrected chi connectivity index (χ0v) is 13.5. The molecule has 0 saturated carbocycles. The topological polar surface area (TPSA) is 146 Å². The lowest BCUT2D eigenvalue weighted by atomic mass is 10.1. The largest absolute Gasteiger partial charge is 0.459 e. The molecule has 1 aromatic carbocycles. The summed E-state index contributed by atoms with van der Waals surface area (Å²) in [5, 5.41) is 32.1. The van der Waals surface area contributed by atoms with Crippen molar-refractivity contribution in [2.75, 3.05) is 6.61 Å². The van der Waals surface area contributed by atoms with E-state index in [4.69, 9.17) is 9.47 Å². The van der Waals surface area contributed by atoms with E-state index in [1.807, 2.05) is 5.32 Å². The minimum absolute atomic E-state index is 0.307. The highest BCUT2D eigenvalue weighted by molar-refractivity contribution is 5.97. The molecular formula is C16H18N2O8. The number of imide groups is 1. The van der Waals surface area contributed by atoms with Crippen molar-refractivity contribution in [1.29, 1.82) is 0 Å². The molecule has 0 aliphatic carbocycles. The Morgan fingerprint density at radius 2 is 1.88 bits per heavy atom. The van der Waals surface area contributed by atoms with Gasteiger partial charge in [0.2, 0.25) is 5.91 Å². The molecule has 5 atom stereocenters. The second kappa shape index (κ2) is 7.38. The maximum atomic E-state index is 11.9. The van der Waals surface area contributed by atoms with Crippen molar-refractivity contribution < 1.29 is 39.2 Å². The molecule has 2 fully saturated rings. The molecule has 2 aliphatic heterocycles. The molecule has 3 rings (SSSR count). The van der Waals surface area contributed by atoms with Crippen LogP contribution in [0, 0.1) is 0 Å². The summed E-state index contributed by atoms with van der Waals surface area (Å²) < 4.78 is 10.5. The van der Waals surface area contributed by atoms with Gasteiger partial charge in [0, 0.05) is 0 Å². The van der Waals surface area contributed by atoms with E-state index in [2.05, 4.69) is 0 Å². The standard InChI is InChI=1S/C16H18N2O8/c19-10-6-11(20)18(16(24)17-10)14-13(22)12(21)9(26-14)7-25-15(23)8-4-2-1-3-5-8/h1-5,9,11-14,20-22H,6-7H2,(H,17,19,24)/t9-,11?,12?,13?,14-/m0/s1. The smallest absolute Gasteiger partial charge is 0.338 e. The predicted octanol–water partition coefficient (Wildman–Crippen LogP) is -1.45. The average Bonchev–Trinajstić information content (AvgIpc) is 2.88. The lowest BCUT2D eigenvalue weighted by Gasteiger charge is -2.36. The van der Waals surface area contributed by atoms with E-state index in [0.29, 0.717) is 5.56 Å². The Bertz CT molecular complexity index is 697. The molecule has 2 aliphatic rings. The van der Waals surface area contributed by atoms with E-state index >= 15 is 0 Å². The van der Waals surface area contributed by atoms with Crippen molar-refractivity contribution in [2.24, 2.45) is 0 Å². The number of hydrogen-bond donors (Lipinski definition) is 4. The highest BCUT2D eigenvalue weighted by atomic mass is 16.6. The van der Waals surface area contributed by atoms with Crippen LogP contribution in [0.3, 0.4) is 0 Å². The van der Waals surface area contributed by atoms with Crippen LogP contribution in [0.5, 0.6) is 0 Å². The predicted molar refractivity (Wildman–Crippen MR) is 83.4 cm³/mol. The van der Waals surface area contributed by atoms with Gasteiger partial charge in [0.1, 0.15) is 31.1 Å². The molecule has 26 heavy (non-hydrogen) atoms. The molecule has 140 valence electrons. The van der Waals surface area contributed by atoms with Crippen molar-refractivity contribution in [3.05, 3.63) is 35.9 Å². The van der Waals surface area contributed by atoms with Crippen molar-refractivity contribution in [3.63, 3.8) is 0 Å². The number of nitrogens with one attached hydrogen (secondary N) is 1. The number of amides is 3. The number of carbonyl (C=O) groups is 3. The van der Waals surface area contributed by atoms with Gasteiger partial charge in [-0.3, -0.25) is 15.0 Å². The van der Waals surface area contributed by atoms with Gasteiger partial charge in [-0.1, -0.05) is 18.2 Å². The van der Waals surface area contributed by atoms with Crippen LogP contribution in [-0.2, 0) is 14.3 Å². The molecule has 0 radical (unpaired) electrons. The van der Waals surface area contributed by atoms with Crippen LogP contribution in [-0.4, -0.2) is 75.5 Å². The van der Waals surface area contributed by atoms with Crippen LogP contribution < -0.4 is 5.32 Å². The lowest BCUT2D eigenvalue weighted by molar-refractivity contribution is -0.150. The van der Waals surface area contributed by atoms with Crippen LogP contribution >= 0.6 is 0 Å². The number of rotatable bonds is 4. The Morgan fingerprint density at radius 3 is 2.54 bits per heavy atom. The summed E-state index contributed by atoms with van der Waals surface area (Å²) in [6, 6.07) is 7.21. The molecule has 2 saturated heterocycles. The third-order valence-electron chi connectivity index (χ3n) is 4.17. The summed E-state index contributed by atoms with van der Waals surface area (Å²) in [5.74, 6) is -1.30. The normalized spacial score (nSPS) is 31.7. The number of aliphatic hydroxyl groups is 3. The summed E-state index contributed by atoms with van der Waals surface area (Å²) in [4.78, 5) is 35.8. The van der Waals surface area contributed by atoms with Gasteiger partial charge in [-0.25, -0.2) is 9.59 Å². The fourth-order valence-corrected chi connectivity index (χ4v) is 2.83. The lowest BCUT2D eigenvalue weighted by Crippen LogP contribution is -2.61. The van der Waals surface area contributed by atoms with E-state index in [0.717, 1.165) is 4.90 Å². The fourth-order valence-electron chi connectivity index (χ4n) is 2.83. The zero-order valence-electron chi connectivity index (χ0n) is 13.5. The quantitative estimate of drug-likeness (QED) is 0.474. The monoisotopic (exact) mass is 366 g/mol.